The summed E-state index contributed by atoms with van der Waals surface area (Å²) in [6.45, 7) is 4.86. The van der Waals surface area contributed by atoms with E-state index in [1.54, 1.807) is 26.3 Å². The topological polar surface area (TPSA) is 118 Å². The molecule has 2 fully saturated rings. The van der Waals surface area contributed by atoms with Gasteiger partial charge in [-0.2, -0.15) is 5.10 Å². The monoisotopic (exact) mass is 478 g/mol. The fourth-order valence-corrected chi connectivity index (χ4v) is 4.60. The molecule has 0 aliphatic heterocycles. The first-order valence-electron chi connectivity index (χ1n) is 12.5. The van der Waals surface area contributed by atoms with Crippen LogP contribution in [-0.2, 0) is 16.9 Å². The van der Waals surface area contributed by atoms with Gasteiger partial charge in [-0.05, 0) is 70.4 Å². The van der Waals surface area contributed by atoms with Gasteiger partial charge in [-0.1, -0.05) is 0 Å². The minimum Gasteiger partial charge on any atom is -0.444 e. The molecule has 2 aliphatic carbocycles. The highest BCUT2D eigenvalue weighted by Crippen LogP contribution is 2.34. The molecule has 2 aliphatic rings. The molecule has 0 aromatic carbocycles. The number of hydrogen-bond acceptors (Lipinski definition) is 8. The summed E-state index contributed by atoms with van der Waals surface area (Å²) in [6.07, 6.45) is 12.6. The van der Waals surface area contributed by atoms with Crippen molar-refractivity contribution >= 4 is 17.8 Å². The first kappa shape index (κ1) is 23.5. The van der Waals surface area contributed by atoms with Gasteiger partial charge in [-0.3, -0.25) is 4.68 Å². The smallest absolute Gasteiger partial charge is 0.226 e. The van der Waals surface area contributed by atoms with E-state index in [9.17, 15) is 9.90 Å². The van der Waals surface area contributed by atoms with Gasteiger partial charge in [-0.15, -0.1) is 0 Å². The Kier molecular flexibility index (Phi) is 6.60. The van der Waals surface area contributed by atoms with Crippen molar-refractivity contribution in [2.45, 2.75) is 70.6 Å². The highest BCUT2D eigenvalue weighted by molar-refractivity contribution is 5.58. The van der Waals surface area contributed by atoms with Crippen molar-refractivity contribution in [3.63, 3.8) is 0 Å². The van der Waals surface area contributed by atoms with Crippen molar-refractivity contribution in [1.29, 1.82) is 0 Å². The normalized spacial score (nSPS) is 20.5. The first-order chi connectivity index (χ1) is 16.9. The second-order valence-corrected chi connectivity index (χ2v) is 10.4. The lowest BCUT2D eigenvalue weighted by Crippen LogP contribution is -2.21. The number of nitrogens with one attached hydrogen (secondary N) is 2. The van der Waals surface area contributed by atoms with Crippen LogP contribution in [0.25, 0.3) is 11.5 Å². The lowest BCUT2D eigenvalue weighted by atomic mass is 9.87. The molecule has 9 nitrogen and oxygen atoms in total. The third kappa shape index (κ3) is 5.73. The summed E-state index contributed by atoms with van der Waals surface area (Å²) in [5.41, 5.74) is 1.91. The molecular formula is C26H34N6O3. The highest BCUT2D eigenvalue weighted by atomic mass is 16.3. The average molecular weight is 479 g/mol. The maximum absolute atomic E-state index is 11.1. The van der Waals surface area contributed by atoms with E-state index in [0.717, 1.165) is 67.2 Å². The Morgan fingerprint density at radius 1 is 1.20 bits per heavy atom. The van der Waals surface area contributed by atoms with Gasteiger partial charge >= 0.3 is 0 Å². The summed E-state index contributed by atoms with van der Waals surface area (Å²) >= 11 is 0. The number of oxazole rings is 1. The molecule has 0 bridgehead atoms. The third-order valence-electron chi connectivity index (χ3n) is 6.91. The lowest BCUT2D eigenvalue weighted by Gasteiger charge is -2.25. The Morgan fingerprint density at radius 2 is 2.00 bits per heavy atom. The van der Waals surface area contributed by atoms with E-state index < -0.39 is 5.60 Å². The molecule has 3 N–H and O–H groups in total. The van der Waals surface area contributed by atoms with E-state index in [0.29, 0.717) is 18.1 Å². The van der Waals surface area contributed by atoms with Crippen LogP contribution in [0.1, 0.15) is 69.8 Å². The lowest BCUT2D eigenvalue weighted by molar-refractivity contribution is -0.112. The summed E-state index contributed by atoms with van der Waals surface area (Å²) in [6, 6.07) is 4.08. The Balaban J connectivity index is 1.26. The van der Waals surface area contributed by atoms with Crippen molar-refractivity contribution in [3.05, 3.63) is 42.2 Å². The van der Waals surface area contributed by atoms with Gasteiger partial charge in [0.25, 0.3) is 0 Å². The number of aromatic nitrogens is 4. The van der Waals surface area contributed by atoms with Crippen LogP contribution in [0.3, 0.4) is 0 Å². The fourth-order valence-electron chi connectivity index (χ4n) is 4.60. The zero-order valence-corrected chi connectivity index (χ0v) is 20.4. The molecular weight excluding hydrogens is 444 g/mol. The average Bonchev–Trinajstić information content (AvgIpc) is 3.38. The van der Waals surface area contributed by atoms with Crippen LogP contribution >= 0.6 is 0 Å². The summed E-state index contributed by atoms with van der Waals surface area (Å²) in [5.74, 6) is 2.30. The van der Waals surface area contributed by atoms with E-state index in [1.165, 1.54) is 12.8 Å². The molecule has 35 heavy (non-hydrogen) atoms. The first-order valence-corrected chi connectivity index (χ1v) is 12.5. The number of aldehydes is 1. The molecule has 0 spiro atoms. The number of carbonyl (C=O) groups excluding carboxylic acids is 1. The largest absolute Gasteiger partial charge is 0.444 e. The molecule has 186 valence electrons. The summed E-state index contributed by atoms with van der Waals surface area (Å²) in [4.78, 5) is 20.1. The quantitative estimate of drug-likeness (QED) is 0.364. The van der Waals surface area contributed by atoms with Crippen LogP contribution in [0.4, 0.5) is 11.5 Å². The molecule has 3 aromatic heterocycles. The van der Waals surface area contributed by atoms with Crippen LogP contribution in [0, 0.1) is 11.8 Å². The van der Waals surface area contributed by atoms with Crippen LogP contribution in [-0.4, -0.2) is 37.7 Å². The van der Waals surface area contributed by atoms with Crippen molar-refractivity contribution in [2.75, 3.05) is 17.2 Å². The number of rotatable bonds is 10. The van der Waals surface area contributed by atoms with Gasteiger partial charge in [0.1, 0.15) is 29.7 Å². The zero-order chi connectivity index (χ0) is 24.4. The molecule has 9 heteroatoms. The standard InChI is InChI=1S/C26H34N6O3/c1-26(2,34)24-22(14-32(31-24)21-7-5-18(15-33)6-8-21)28-13-20-16-35-25(30-20)19-9-10-27-23(11-19)29-12-17-3-4-17/h9-11,14-18,21,28,34H,3-8,12-13H2,1-2H3,(H,27,29)/t18-,21-. The Labute approximate surface area is 205 Å². The van der Waals surface area contributed by atoms with Crippen molar-refractivity contribution in [3.8, 4) is 11.5 Å². The van der Waals surface area contributed by atoms with Gasteiger partial charge in [0.2, 0.25) is 5.89 Å². The van der Waals surface area contributed by atoms with Crippen LogP contribution in [0.2, 0.25) is 0 Å². The molecule has 2 saturated carbocycles. The number of carbonyl (C=O) groups is 1. The SMILES string of the molecule is CC(C)(O)c1nn([C@H]2CC[C@H](C=O)CC2)cc1NCc1coc(-c2ccnc(NCC3CC3)c2)n1. The zero-order valence-electron chi connectivity index (χ0n) is 20.4. The molecule has 0 saturated heterocycles. The molecule has 3 heterocycles. The highest BCUT2D eigenvalue weighted by Gasteiger charge is 2.28. The Hall–Kier alpha value is -3.20. The predicted molar refractivity (Wildman–Crippen MR) is 133 cm³/mol. The fraction of sp³-hybridized carbons (Fsp3) is 0.538. The van der Waals surface area contributed by atoms with E-state index in [1.807, 2.05) is 23.0 Å². The second-order valence-electron chi connectivity index (χ2n) is 10.4. The van der Waals surface area contributed by atoms with Gasteiger partial charge in [0.05, 0.1) is 24.0 Å². The van der Waals surface area contributed by atoms with Gasteiger partial charge in [-0.25, -0.2) is 9.97 Å². The predicted octanol–water partition coefficient (Wildman–Crippen LogP) is 4.52. The number of hydrogen-bond donors (Lipinski definition) is 3. The number of anilines is 2. The van der Waals surface area contributed by atoms with Gasteiger partial charge in [0, 0.05) is 30.4 Å². The van der Waals surface area contributed by atoms with Crippen LogP contribution in [0.5, 0.6) is 0 Å². The molecule has 3 aromatic rings. The summed E-state index contributed by atoms with van der Waals surface area (Å²) in [7, 11) is 0. The van der Waals surface area contributed by atoms with E-state index in [4.69, 9.17) is 9.52 Å². The van der Waals surface area contributed by atoms with Crippen LogP contribution in [0.15, 0.2) is 35.2 Å². The molecule has 0 atom stereocenters. The molecule has 0 radical (unpaired) electrons. The Bertz CT molecular complexity index is 1150. The maximum Gasteiger partial charge on any atom is 0.226 e. The van der Waals surface area contributed by atoms with Crippen molar-refractivity contribution < 1.29 is 14.3 Å². The van der Waals surface area contributed by atoms with Gasteiger partial charge < -0.3 is 25.0 Å². The van der Waals surface area contributed by atoms with E-state index in [-0.39, 0.29) is 12.0 Å². The third-order valence-corrected chi connectivity index (χ3v) is 6.91. The van der Waals surface area contributed by atoms with E-state index >= 15 is 0 Å². The van der Waals surface area contributed by atoms with E-state index in [2.05, 4.69) is 20.6 Å². The number of aliphatic hydroxyl groups is 1. The van der Waals surface area contributed by atoms with Crippen molar-refractivity contribution in [2.24, 2.45) is 11.8 Å². The van der Waals surface area contributed by atoms with Crippen LogP contribution < -0.4 is 10.6 Å². The molecule has 0 unspecified atom stereocenters. The Morgan fingerprint density at radius 3 is 2.71 bits per heavy atom. The minimum atomic E-state index is -1.09. The second kappa shape index (κ2) is 9.81. The maximum atomic E-state index is 11.1. The summed E-state index contributed by atoms with van der Waals surface area (Å²) < 4.78 is 7.69. The minimum absolute atomic E-state index is 0.153. The number of pyridine rings is 1. The molecule has 5 rings (SSSR count). The molecule has 0 amide bonds. The summed E-state index contributed by atoms with van der Waals surface area (Å²) in [5, 5.41) is 22.2. The number of nitrogens with zero attached hydrogens (tertiary/aromatic N) is 4. The van der Waals surface area contributed by atoms with Gasteiger partial charge in [0.15, 0.2) is 0 Å². The van der Waals surface area contributed by atoms with Crippen molar-refractivity contribution in [1.82, 2.24) is 19.7 Å².